The summed E-state index contributed by atoms with van der Waals surface area (Å²) in [6.07, 6.45) is -0.708. The van der Waals surface area contributed by atoms with Gasteiger partial charge in [0.25, 0.3) is 11.8 Å². The van der Waals surface area contributed by atoms with Crippen molar-refractivity contribution in [3.05, 3.63) is 70.6 Å². The van der Waals surface area contributed by atoms with Crippen molar-refractivity contribution in [1.29, 1.82) is 0 Å². The number of anilines is 1. The molecule has 6 rings (SSSR count). The predicted molar refractivity (Wildman–Crippen MR) is 139 cm³/mol. The van der Waals surface area contributed by atoms with E-state index in [9.17, 15) is 51.0 Å². The van der Waals surface area contributed by atoms with Crippen LogP contribution in [0.15, 0.2) is 35.9 Å². The number of rotatable bonds is 2. The maximum Gasteiger partial charge on any atom is 0.423 e. The van der Waals surface area contributed by atoms with Crippen LogP contribution < -0.4 is 4.90 Å². The van der Waals surface area contributed by atoms with E-state index in [1.165, 1.54) is 24.3 Å². The number of likely N-dealkylation sites (tertiary alicyclic amines) is 1. The molecule has 2 aliphatic heterocycles. The summed E-state index contributed by atoms with van der Waals surface area (Å²) < 4.78 is 76.9. The maximum absolute atomic E-state index is 15.0. The number of alkyl halides is 2. The van der Waals surface area contributed by atoms with Gasteiger partial charge in [-0.1, -0.05) is 23.8 Å². The van der Waals surface area contributed by atoms with Crippen LogP contribution in [0, 0.1) is 46.8 Å². The smallest absolute Gasteiger partial charge is 0.423 e. The first-order valence-corrected chi connectivity index (χ1v) is 13.6. The molecule has 1 N–H and O–H groups in total. The molecule has 2 aliphatic carbocycles. The zero-order valence-corrected chi connectivity index (χ0v) is 23.6. The van der Waals surface area contributed by atoms with E-state index in [1.807, 2.05) is 0 Å². The Bertz CT molecular complexity index is 1740. The SMILES string of the molecule is COC(=O)N1C(=O)C2CC=C3C(CC4(Cl)C(=O)N(c5c(F)c(F)c(F)c(F)c5F)C(=O)C4(Cl)C3c3cccc(O)c3)C2C1=O. The first-order valence-electron chi connectivity index (χ1n) is 12.9. The van der Waals surface area contributed by atoms with Gasteiger partial charge in [0.2, 0.25) is 17.6 Å². The van der Waals surface area contributed by atoms with Crippen molar-refractivity contribution >= 4 is 58.6 Å². The lowest BCUT2D eigenvalue weighted by Gasteiger charge is -2.50. The van der Waals surface area contributed by atoms with Crippen LogP contribution in [0.3, 0.4) is 0 Å². The molecular weight excluding hydrogens is 642 g/mol. The zero-order chi connectivity index (χ0) is 32.2. The summed E-state index contributed by atoms with van der Waals surface area (Å²) in [5, 5.41) is 10.3. The van der Waals surface area contributed by atoms with Crippen molar-refractivity contribution in [3.8, 4) is 5.75 Å². The first-order chi connectivity index (χ1) is 20.6. The first kappa shape index (κ1) is 30.0. The number of imide groups is 4. The van der Waals surface area contributed by atoms with E-state index in [-0.39, 0.29) is 28.2 Å². The van der Waals surface area contributed by atoms with Crippen molar-refractivity contribution in [1.82, 2.24) is 4.90 Å². The number of fused-ring (bicyclic) bond motifs is 4. The third-order valence-electron chi connectivity index (χ3n) is 8.78. The lowest BCUT2D eigenvalue weighted by Crippen LogP contribution is -2.60. The molecule has 2 aromatic rings. The van der Waals surface area contributed by atoms with Crippen LogP contribution >= 0.6 is 23.2 Å². The monoisotopic (exact) mass is 658 g/mol. The molecule has 44 heavy (non-hydrogen) atoms. The zero-order valence-electron chi connectivity index (χ0n) is 22.0. The molecule has 0 spiro atoms. The Balaban J connectivity index is 1.59. The Labute approximate surface area is 253 Å². The van der Waals surface area contributed by atoms with Gasteiger partial charge in [-0.2, -0.15) is 4.90 Å². The number of nitrogens with zero attached hydrogens (tertiary/aromatic N) is 2. The van der Waals surface area contributed by atoms with Crippen LogP contribution in [0.2, 0.25) is 0 Å². The molecule has 6 atom stereocenters. The number of allylic oxidation sites excluding steroid dienone is 2. The second-order valence-corrected chi connectivity index (χ2v) is 12.0. The lowest BCUT2D eigenvalue weighted by molar-refractivity contribution is -0.138. The highest BCUT2D eigenvalue weighted by atomic mass is 35.5. The highest BCUT2D eigenvalue weighted by molar-refractivity contribution is 6.58. The molecule has 9 nitrogen and oxygen atoms in total. The average Bonchev–Trinajstić information content (AvgIpc) is 3.33. The van der Waals surface area contributed by atoms with Gasteiger partial charge in [0.05, 0.1) is 18.9 Å². The molecule has 1 saturated carbocycles. The second-order valence-electron chi connectivity index (χ2n) is 10.8. The van der Waals surface area contributed by atoms with Crippen LogP contribution in [0.1, 0.15) is 24.3 Å². The number of hydrogen-bond donors (Lipinski definition) is 1. The Morgan fingerprint density at radius 1 is 0.932 bits per heavy atom. The normalized spacial score (nSPS) is 31.1. The maximum atomic E-state index is 15.0. The number of aromatic hydroxyl groups is 1. The number of amides is 5. The molecule has 230 valence electrons. The third-order valence-corrected chi connectivity index (χ3v) is 10.2. The van der Waals surface area contributed by atoms with Crippen LogP contribution in [0.25, 0.3) is 0 Å². The largest absolute Gasteiger partial charge is 0.508 e. The number of ether oxygens (including phenoxy) is 1. The molecule has 16 heteroatoms. The van der Waals surface area contributed by atoms with Gasteiger partial charge in [0.1, 0.15) is 11.4 Å². The van der Waals surface area contributed by atoms with E-state index in [2.05, 4.69) is 4.74 Å². The third kappa shape index (κ3) is 3.54. The second kappa shape index (κ2) is 9.73. The number of halogens is 7. The van der Waals surface area contributed by atoms with Gasteiger partial charge in [-0.25, -0.2) is 31.6 Å². The van der Waals surface area contributed by atoms with E-state index in [4.69, 9.17) is 23.2 Å². The summed E-state index contributed by atoms with van der Waals surface area (Å²) in [5.74, 6) is -23.2. The number of phenols is 1. The van der Waals surface area contributed by atoms with Crippen molar-refractivity contribution in [3.63, 3.8) is 0 Å². The van der Waals surface area contributed by atoms with E-state index < -0.39 is 104 Å². The van der Waals surface area contributed by atoms with Gasteiger partial charge >= 0.3 is 6.09 Å². The summed E-state index contributed by atoms with van der Waals surface area (Å²) in [4.78, 5) is 61.5. The van der Waals surface area contributed by atoms with Gasteiger partial charge in [-0.05, 0) is 36.5 Å². The molecule has 0 bridgehead atoms. The fourth-order valence-electron chi connectivity index (χ4n) is 6.92. The number of methoxy groups -OCH3 is 1. The van der Waals surface area contributed by atoms with Crippen LogP contribution in [0.4, 0.5) is 32.4 Å². The highest BCUT2D eigenvalue weighted by Crippen LogP contribution is 2.66. The molecule has 0 radical (unpaired) electrons. The van der Waals surface area contributed by atoms with Crippen LogP contribution in [-0.4, -0.2) is 56.6 Å². The Kier molecular flexibility index (Phi) is 6.64. The summed E-state index contributed by atoms with van der Waals surface area (Å²) >= 11 is 13.9. The number of hydrogen-bond acceptors (Lipinski definition) is 7. The standard InChI is InChI=1S/C28H17Cl2F5N2O7/c1-44-26(43)37-22(39)12-6-5-11-13(14(12)23(37)40)8-27(29)24(41)36(21-19(34)17(32)16(31)18(33)20(21)35)25(42)28(27,30)15(11)9-3-2-4-10(38)7-9/h2-5,7,12-15,38H,6,8H2,1H3. The van der Waals surface area contributed by atoms with Gasteiger partial charge in [0, 0.05) is 5.92 Å². The molecule has 4 aliphatic rings. The van der Waals surface area contributed by atoms with Crippen LogP contribution in [0.5, 0.6) is 5.75 Å². The summed E-state index contributed by atoms with van der Waals surface area (Å²) in [5.41, 5.74) is -1.71. The Morgan fingerprint density at radius 3 is 2.14 bits per heavy atom. The molecule has 2 aromatic carbocycles. The van der Waals surface area contributed by atoms with Crippen molar-refractivity contribution < 1.29 is 55.8 Å². The number of benzene rings is 2. The topological polar surface area (TPSA) is 121 Å². The average molecular weight is 659 g/mol. The van der Waals surface area contributed by atoms with Gasteiger partial charge in [0.15, 0.2) is 33.0 Å². The van der Waals surface area contributed by atoms with Crippen molar-refractivity contribution in [2.45, 2.75) is 28.5 Å². The minimum absolute atomic E-state index is 0.0291. The number of carbonyl (C=O) groups is 5. The van der Waals surface area contributed by atoms with E-state index in [1.54, 1.807) is 0 Å². The predicted octanol–water partition coefficient (Wildman–Crippen LogP) is 4.42. The Morgan fingerprint density at radius 2 is 1.55 bits per heavy atom. The fraction of sp³-hybridized carbons (Fsp3) is 0.321. The Hall–Kier alpha value is -4.04. The van der Waals surface area contributed by atoms with E-state index in [0.717, 1.165) is 13.2 Å². The summed E-state index contributed by atoms with van der Waals surface area (Å²) in [6.45, 7) is 0. The number of carbonyl (C=O) groups excluding carboxylic acids is 5. The molecule has 0 aromatic heterocycles. The minimum Gasteiger partial charge on any atom is -0.508 e. The minimum atomic E-state index is -2.72. The molecule has 6 unspecified atom stereocenters. The quantitative estimate of drug-likeness (QED) is 0.127. The van der Waals surface area contributed by atoms with Crippen molar-refractivity contribution in [2.24, 2.45) is 17.8 Å². The molecule has 2 saturated heterocycles. The molecule has 3 fully saturated rings. The van der Waals surface area contributed by atoms with Crippen molar-refractivity contribution in [2.75, 3.05) is 12.0 Å². The fourth-order valence-corrected chi connectivity index (χ4v) is 7.85. The highest BCUT2D eigenvalue weighted by Gasteiger charge is 2.77. The van der Waals surface area contributed by atoms with Crippen LogP contribution in [-0.2, 0) is 23.9 Å². The summed E-state index contributed by atoms with van der Waals surface area (Å²) in [6, 6.07) is 5.09. The van der Waals surface area contributed by atoms with E-state index in [0.29, 0.717) is 4.90 Å². The van der Waals surface area contributed by atoms with Gasteiger partial charge in [-0.3, -0.25) is 19.2 Å². The van der Waals surface area contributed by atoms with Gasteiger partial charge in [-0.15, -0.1) is 23.2 Å². The van der Waals surface area contributed by atoms with E-state index >= 15 is 0 Å². The number of phenolic OH excluding ortho intramolecular Hbond substituents is 1. The molecule has 5 amide bonds. The molecule has 2 heterocycles. The summed E-state index contributed by atoms with van der Waals surface area (Å²) in [7, 11) is 0.944. The lowest BCUT2D eigenvalue weighted by atomic mass is 9.56. The van der Waals surface area contributed by atoms with Gasteiger partial charge < -0.3 is 9.84 Å². The molecular formula is C28H17Cl2F5N2O7.